The first-order chi connectivity index (χ1) is 10.7. The van der Waals surface area contributed by atoms with Gasteiger partial charge in [-0.25, -0.2) is 0 Å². The SMILES string of the molecule is CCn1nccc1C(=O)N1C[C@@H](Cc2ccncc2)[C@H](O)C1. The van der Waals surface area contributed by atoms with Crippen LogP contribution in [-0.4, -0.2) is 49.9 Å². The fraction of sp³-hybridized carbons (Fsp3) is 0.438. The maximum Gasteiger partial charge on any atom is 0.272 e. The van der Waals surface area contributed by atoms with Crippen molar-refractivity contribution in [3.05, 3.63) is 48.0 Å². The third-order valence-electron chi connectivity index (χ3n) is 4.18. The lowest BCUT2D eigenvalue weighted by molar-refractivity contribution is 0.0752. The van der Waals surface area contributed by atoms with E-state index in [9.17, 15) is 9.90 Å². The molecule has 1 aliphatic rings. The molecule has 1 N–H and O–H groups in total. The highest BCUT2D eigenvalue weighted by Crippen LogP contribution is 2.23. The number of aliphatic hydroxyl groups is 1. The Balaban J connectivity index is 1.69. The number of amides is 1. The summed E-state index contributed by atoms with van der Waals surface area (Å²) in [6, 6.07) is 5.63. The van der Waals surface area contributed by atoms with Crippen LogP contribution in [0.1, 0.15) is 23.0 Å². The van der Waals surface area contributed by atoms with Crippen molar-refractivity contribution >= 4 is 5.91 Å². The van der Waals surface area contributed by atoms with Crippen molar-refractivity contribution in [2.75, 3.05) is 13.1 Å². The predicted molar refractivity (Wildman–Crippen MR) is 81.2 cm³/mol. The van der Waals surface area contributed by atoms with Gasteiger partial charge in [-0.15, -0.1) is 0 Å². The number of hydrogen-bond acceptors (Lipinski definition) is 4. The van der Waals surface area contributed by atoms with E-state index >= 15 is 0 Å². The van der Waals surface area contributed by atoms with Crippen LogP contribution in [0.2, 0.25) is 0 Å². The molecule has 1 fully saturated rings. The normalized spacial score (nSPS) is 21.3. The van der Waals surface area contributed by atoms with Crippen LogP contribution in [0.3, 0.4) is 0 Å². The van der Waals surface area contributed by atoms with Crippen LogP contribution in [0, 0.1) is 5.92 Å². The van der Waals surface area contributed by atoms with Crippen molar-refractivity contribution in [2.45, 2.75) is 26.0 Å². The topological polar surface area (TPSA) is 71.2 Å². The summed E-state index contributed by atoms with van der Waals surface area (Å²) in [7, 11) is 0. The molecule has 22 heavy (non-hydrogen) atoms. The molecule has 6 nitrogen and oxygen atoms in total. The quantitative estimate of drug-likeness (QED) is 0.913. The fourth-order valence-electron chi connectivity index (χ4n) is 2.97. The molecule has 2 atom stereocenters. The van der Waals surface area contributed by atoms with E-state index in [2.05, 4.69) is 10.1 Å². The lowest BCUT2D eigenvalue weighted by Crippen LogP contribution is -2.31. The number of carbonyl (C=O) groups excluding carboxylic acids is 1. The second kappa shape index (κ2) is 6.27. The number of rotatable bonds is 4. The van der Waals surface area contributed by atoms with E-state index in [1.54, 1.807) is 34.2 Å². The third kappa shape index (κ3) is 2.87. The number of nitrogens with zero attached hydrogens (tertiary/aromatic N) is 4. The van der Waals surface area contributed by atoms with Gasteiger partial charge in [-0.05, 0) is 37.1 Å². The minimum absolute atomic E-state index is 0.0596. The van der Waals surface area contributed by atoms with E-state index in [0.29, 0.717) is 25.3 Å². The van der Waals surface area contributed by atoms with Crippen molar-refractivity contribution in [3.63, 3.8) is 0 Å². The largest absolute Gasteiger partial charge is 0.391 e. The molecule has 1 saturated heterocycles. The number of carbonyl (C=O) groups is 1. The minimum atomic E-state index is -0.491. The van der Waals surface area contributed by atoms with E-state index in [1.807, 2.05) is 19.1 Å². The smallest absolute Gasteiger partial charge is 0.272 e. The molecule has 0 saturated carbocycles. The Morgan fingerprint density at radius 3 is 2.77 bits per heavy atom. The standard InChI is InChI=1S/C16H20N4O2/c1-2-20-14(5-8-18-20)16(22)19-10-13(15(21)11-19)9-12-3-6-17-7-4-12/h3-8,13,15,21H,2,9-11H2,1H3/t13-,15-/m1/s1. The summed E-state index contributed by atoms with van der Waals surface area (Å²) in [6.07, 6.45) is 5.40. The second-order valence-corrected chi connectivity index (χ2v) is 5.63. The van der Waals surface area contributed by atoms with Crippen LogP contribution in [0.25, 0.3) is 0 Å². The Morgan fingerprint density at radius 1 is 1.27 bits per heavy atom. The molecule has 0 bridgehead atoms. The summed E-state index contributed by atoms with van der Waals surface area (Å²) in [4.78, 5) is 18.3. The highest BCUT2D eigenvalue weighted by atomic mass is 16.3. The molecule has 0 radical (unpaired) electrons. The maximum atomic E-state index is 12.6. The molecule has 6 heteroatoms. The number of aliphatic hydroxyl groups excluding tert-OH is 1. The summed E-state index contributed by atoms with van der Waals surface area (Å²) in [5, 5.41) is 14.4. The lowest BCUT2D eigenvalue weighted by Gasteiger charge is -2.16. The zero-order valence-corrected chi connectivity index (χ0v) is 12.6. The van der Waals surface area contributed by atoms with Crippen molar-refractivity contribution in [1.29, 1.82) is 0 Å². The van der Waals surface area contributed by atoms with Gasteiger partial charge in [0.05, 0.1) is 6.10 Å². The van der Waals surface area contributed by atoms with Gasteiger partial charge in [-0.2, -0.15) is 5.10 Å². The monoisotopic (exact) mass is 300 g/mol. The Bertz CT molecular complexity index is 641. The average molecular weight is 300 g/mol. The van der Waals surface area contributed by atoms with E-state index in [-0.39, 0.29) is 11.8 Å². The minimum Gasteiger partial charge on any atom is -0.391 e. The van der Waals surface area contributed by atoms with Gasteiger partial charge in [-0.3, -0.25) is 14.5 Å². The van der Waals surface area contributed by atoms with Gasteiger partial charge < -0.3 is 10.0 Å². The molecular formula is C16H20N4O2. The molecule has 0 unspecified atom stereocenters. The number of likely N-dealkylation sites (tertiary alicyclic amines) is 1. The van der Waals surface area contributed by atoms with E-state index < -0.39 is 6.10 Å². The van der Waals surface area contributed by atoms with Crippen LogP contribution in [0.15, 0.2) is 36.8 Å². The maximum absolute atomic E-state index is 12.6. The molecule has 1 amide bonds. The van der Waals surface area contributed by atoms with E-state index in [1.165, 1.54) is 0 Å². The molecule has 0 spiro atoms. The molecule has 1 aliphatic heterocycles. The first-order valence-electron chi connectivity index (χ1n) is 7.57. The molecule has 3 heterocycles. The van der Waals surface area contributed by atoms with Crippen molar-refractivity contribution in [1.82, 2.24) is 19.7 Å². The Labute approximate surface area is 129 Å². The van der Waals surface area contributed by atoms with Gasteiger partial charge in [0.25, 0.3) is 5.91 Å². The van der Waals surface area contributed by atoms with Gasteiger partial charge in [-0.1, -0.05) is 0 Å². The molecule has 116 valence electrons. The summed E-state index contributed by atoms with van der Waals surface area (Å²) >= 11 is 0. The fourth-order valence-corrected chi connectivity index (χ4v) is 2.97. The van der Waals surface area contributed by atoms with Gasteiger partial charge in [0, 0.05) is 44.1 Å². The van der Waals surface area contributed by atoms with Crippen LogP contribution >= 0.6 is 0 Å². The molecule has 2 aromatic heterocycles. The lowest BCUT2D eigenvalue weighted by atomic mass is 9.97. The van der Waals surface area contributed by atoms with E-state index in [0.717, 1.165) is 12.0 Å². The van der Waals surface area contributed by atoms with Gasteiger partial charge in [0.15, 0.2) is 0 Å². The third-order valence-corrected chi connectivity index (χ3v) is 4.18. The number of β-amino-alcohol motifs (C(OH)–C–C–N with tert-alkyl or cyclic N) is 1. The van der Waals surface area contributed by atoms with Crippen LogP contribution < -0.4 is 0 Å². The van der Waals surface area contributed by atoms with Crippen molar-refractivity contribution in [3.8, 4) is 0 Å². The summed E-state index contributed by atoms with van der Waals surface area (Å²) in [6.45, 7) is 3.56. The average Bonchev–Trinajstić information content (AvgIpc) is 3.15. The Morgan fingerprint density at radius 2 is 2.05 bits per heavy atom. The van der Waals surface area contributed by atoms with Crippen LogP contribution in [0.4, 0.5) is 0 Å². The summed E-state index contributed by atoms with van der Waals surface area (Å²) in [5.74, 6) is -0.0000219. The molecule has 0 aliphatic carbocycles. The number of hydrogen-bond donors (Lipinski definition) is 1. The first-order valence-corrected chi connectivity index (χ1v) is 7.57. The van der Waals surface area contributed by atoms with Crippen molar-refractivity contribution < 1.29 is 9.90 Å². The van der Waals surface area contributed by atoms with Gasteiger partial charge >= 0.3 is 0 Å². The summed E-state index contributed by atoms with van der Waals surface area (Å²) < 4.78 is 1.69. The van der Waals surface area contributed by atoms with Crippen LogP contribution in [-0.2, 0) is 13.0 Å². The zero-order valence-electron chi connectivity index (χ0n) is 12.6. The van der Waals surface area contributed by atoms with Gasteiger partial charge in [0.2, 0.25) is 0 Å². The Hall–Kier alpha value is -2.21. The Kier molecular flexibility index (Phi) is 4.20. The first kappa shape index (κ1) is 14.7. The van der Waals surface area contributed by atoms with E-state index in [4.69, 9.17) is 0 Å². The number of aryl methyl sites for hydroxylation is 1. The summed E-state index contributed by atoms with van der Waals surface area (Å²) in [5.41, 5.74) is 1.71. The molecule has 2 aromatic rings. The second-order valence-electron chi connectivity index (χ2n) is 5.63. The molecule has 0 aromatic carbocycles. The van der Waals surface area contributed by atoms with Crippen LogP contribution in [0.5, 0.6) is 0 Å². The zero-order chi connectivity index (χ0) is 15.5. The number of pyridine rings is 1. The predicted octanol–water partition coefficient (Wildman–Crippen LogP) is 0.974. The molecule has 3 rings (SSSR count). The molecular weight excluding hydrogens is 280 g/mol. The van der Waals surface area contributed by atoms with Gasteiger partial charge in [0.1, 0.15) is 5.69 Å². The number of aromatic nitrogens is 3. The highest BCUT2D eigenvalue weighted by Gasteiger charge is 2.35. The highest BCUT2D eigenvalue weighted by molar-refractivity contribution is 5.92. The van der Waals surface area contributed by atoms with Crippen molar-refractivity contribution in [2.24, 2.45) is 5.92 Å².